The summed E-state index contributed by atoms with van der Waals surface area (Å²) >= 11 is 0. The lowest BCUT2D eigenvalue weighted by Gasteiger charge is -2.20. The van der Waals surface area contributed by atoms with Crippen molar-refractivity contribution in [3.8, 4) is 0 Å². The lowest BCUT2D eigenvalue weighted by atomic mass is 9.95. The molecule has 84 valence electrons. The van der Waals surface area contributed by atoms with E-state index >= 15 is 0 Å². The summed E-state index contributed by atoms with van der Waals surface area (Å²) in [5, 5.41) is 3.38. The van der Waals surface area contributed by atoms with Crippen LogP contribution in [0.25, 0.3) is 0 Å². The average Bonchev–Trinajstić information content (AvgIpc) is 2.89. The minimum absolute atomic E-state index is 0. The number of rotatable bonds is 2. The van der Waals surface area contributed by atoms with E-state index in [0.717, 1.165) is 5.41 Å². The van der Waals surface area contributed by atoms with Gasteiger partial charge in [0.2, 0.25) is 0 Å². The van der Waals surface area contributed by atoms with E-state index in [1.54, 1.807) is 6.92 Å². The first kappa shape index (κ1) is 13.7. The van der Waals surface area contributed by atoms with Crippen molar-refractivity contribution in [3.05, 3.63) is 0 Å². The zero-order valence-corrected chi connectivity index (χ0v) is 9.57. The third kappa shape index (κ3) is 4.82. The molecule has 1 aliphatic carbocycles. The summed E-state index contributed by atoms with van der Waals surface area (Å²) < 4.78 is 4.15. The minimum Gasteiger partial charge on any atom is -0.468 e. The van der Waals surface area contributed by atoms with Gasteiger partial charge in [-0.25, -0.2) is 0 Å². The lowest BCUT2D eigenvalue weighted by molar-refractivity contribution is -0.128. The van der Waals surface area contributed by atoms with Crippen LogP contribution >= 0.6 is 12.4 Å². The highest BCUT2D eigenvalue weighted by Crippen LogP contribution is 2.52. The van der Waals surface area contributed by atoms with E-state index in [0.29, 0.717) is 13.1 Å². The molecule has 0 aromatic heterocycles. The van der Waals surface area contributed by atoms with Gasteiger partial charge in [0.1, 0.15) is 0 Å². The van der Waals surface area contributed by atoms with E-state index in [-0.39, 0.29) is 12.4 Å². The summed E-state index contributed by atoms with van der Waals surface area (Å²) in [5.74, 6) is 0. The quantitative estimate of drug-likeness (QED) is 0.723. The Morgan fingerprint density at radius 2 is 1.86 bits per heavy atom. The Bertz CT molecular complexity index is 152. The van der Waals surface area contributed by atoms with E-state index in [1.807, 2.05) is 0 Å². The first-order valence-electron chi connectivity index (χ1n) is 5.09. The second-order valence-corrected chi connectivity index (χ2v) is 3.80. The maximum atomic E-state index is 9.18. The summed E-state index contributed by atoms with van der Waals surface area (Å²) in [6.45, 7) is 5.22. The van der Waals surface area contributed by atoms with Crippen LogP contribution in [0.2, 0.25) is 0 Å². The van der Waals surface area contributed by atoms with Gasteiger partial charge in [-0.05, 0) is 51.1 Å². The Labute approximate surface area is 92.0 Å². The van der Waals surface area contributed by atoms with Crippen molar-refractivity contribution < 1.29 is 9.53 Å². The van der Waals surface area contributed by atoms with Crippen molar-refractivity contribution in [2.45, 2.75) is 32.6 Å². The van der Waals surface area contributed by atoms with Crippen LogP contribution in [0, 0.1) is 5.41 Å². The smallest absolute Gasteiger partial charge is 0.293 e. The number of hydrogen-bond acceptors (Lipinski definition) is 3. The average molecular weight is 222 g/mol. The monoisotopic (exact) mass is 221 g/mol. The molecule has 14 heavy (non-hydrogen) atoms. The highest BCUT2D eigenvalue weighted by Gasteiger charge is 2.42. The Balaban J connectivity index is 0.000000253. The van der Waals surface area contributed by atoms with Crippen molar-refractivity contribution in [2.75, 3.05) is 19.7 Å². The molecule has 1 spiro atoms. The first-order valence-corrected chi connectivity index (χ1v) is 5.09. The van der Waals surface area contributed by atoms with Crippen molar-refractivity contribution in [1.82, 2.24) is 5.32 Å². The maximum absolute atomic E-state index is 9.18. The topological polar surface area (TPSA) is 38.3 Å². The molecule has 1 heterocycles. The molecule has 0 aromatic carbocycles. The Kier molecular flexibility index (Phi) is 6.93. The Morgan fingerprint density at radius 3 is 2.07 bits per heavy atom. The van der Waals surface area contributed by atoms with E-state index < -0.39 is 0 Å². The SMILES string of the molecule is C1CC2(CCN1)CC2.CCOC=O.Cl. The number of carbonyl (C=O) groups is 1. The largest absolute Gasteiger partial charge is 0.468 e. The van der Waals surface area contributed by atoms with E-state index in [2.05, 4.69) is 10.1 Å². The van der Waals surface area contributed by atoms with Crippen LogP contribution < -0.4 is 5.32 Å². The standard InChI is InChI=1S/C7H13N.C3H6O2.ClH/c1-2-7(1)3-5-8-6-4-7;1-2-5-3-4;/h8H,1-6H2;3H,2H2,1H3;1H. The maximum Gasteiger partial charge on any atom is 0.293 e. The zero-order valence-electron chi connectivity index (χ0n) is 8.75. The third-order valence-electron chi connectivity index (χ3n) is 2.86. The highest BCUT2D eigenvalue weighted by atomic mass is 35.5. The highest BCUT2D eigenvalue weighted by molar-refractivity contribution is 5.85. The molecular weight excluding hydrogens is 202 g/mol. The predicted molar refractivity (Wildman–Crippen MR) is 58.7 cm³/mol. The molecule has 1 saturated heterocycles. The summed E-state index contributed by atoms with van der Waals surface area (Å²) in [5.41, 5.74) is 0.866. The van der Waals surface area contributed by atoms with Crippen LogP contribution in [-0.4, -0.2) is 26.2 Å². The predicted octanol–water partition coefficient (Wildman–Crippen LogP) is 1.75. The van der Waals surface area contributed by atoms with Crippen molar-refractivity contribution in [3.63, 3.8) is 0 Å². The summed E-state index contributed by atoms with van der Waals surface area (Å²) in [6, 6.07) is 0. The number of halogens is 1. The number of nitrogens with one attached hydrogen (secondary N) is 1. The van der Waals surface area contributed by atoms with Gasteiger partial charge in [0.05, 0.1) is 6.61 Å². The van der Waals surface area contributed by atoms with Gasteiger partial charge in [-0.15, -0.1) is 12.4 Å². The lowest BCUT2D eigenvalue weighted by Crippen LogP contribution is -2.28. The summed E-state index contributed by atoms with van der Waals surface area (Å²) in [4.78, 5) is 9.18. The number of ether oxygens (including phenoxy) is 1. The van der Waals surface area contributed by atoms with Gasteiger partial charge in [-0.3, -0.25) is 4.79 Å². The van der Waals surface area contributed by atoms with Gasteiger partial charge in [-0.2, -0.15) is 0 Å². The molecule has 0 unspecified atom stereocenters. The Hall–Kier alpha value is -0.280. The van der Waals surface area contributed by atoms with Crippen LogP contribution in [0.15, 0.2) is 0 Å². The van der Waals surface area contributed by atoms with Gasteiger partial charge in [0, 0.05) is 0 Å². The van der Waals surface area contributed by atoms with Crippen LogP contribution in [0.1, 0.15) is 32.6 Å². The van der Waals surface area contributed by atoms with Crippen LogP contribution in [-0.2, 0) is 9.53 Å². The third-order valence-corrected chi connectivity index (χ3v) is 2.86. The normalized spacial score (nSPS) is 21.2. The number of piperidine rings is 1. The van der Waals surface area contributed by atoms with Gasteiger partial charge in [0.15, 0.2) is 0 Å². The molecule has 3 nitrogen and oxygen atoms in total. The van der Waals surface area contributed by atoms with Crippen LogP contribution in [0.5, 0.6) is 0 Å². The number of carbonyl (C=O) groups excluding carboxylic acids is 1. The van der Waals surface area contributed by atoms with Gasteiger partial charge < -0.3 is 10.1 Å². The van der Waals surface area contributed by atoms with Crippen molar-refractivity contribution in [2.24, 2.45) is 5.41 Å². The molecule has 4 heteroatoms. The van der Waals surface area contributed by atoms with Gasteiger partial charge >= 0.3 is 0 Å². The number of hydrogen-bond donors (Lipinski definition) is 1. The molecule has 1 saturated carbocycles. The summed E-state index contributed by atoms with van der Waals surface area (Å²) in [6.07, 6.45) is 5.95. The van der Waals surface area contributed by atoms with Crippen LogP contribution in [0.3, 0.4) is 0 Å². The fourth-order valence-electron chi connectivity index (χ4n) is 1.70. The van der Waals surface area contributed by atoms with E-state index in [9.17, 15) is 4.79 Å². The van der Waals surface area contributed by atoms with Gasteiger partial charge in [-0.1, -0.05) is 0 Å². The van der Waals surface area contributed by atoms with Crippen molar-refractivity contribution in [1.29, 1.82) is 0 Å². The molecule has 0 atom stereocenters. The molecule has 2 fully saturated rings. The molecule has 1 aliphatic heterocycles. The first-order chi connectivity index (χ1) is 6.33. The van der Waals surface area contributed by atoms with Crippen molar-refractivity contribution >= 4 is 18.9 Å². The molecule has 1 N–H and O–H groups in total. The Morgan fingerprint density at radius 1 is 1.29 bits per heavy atom. The molecule has 2 rings (SSSR count). The van der Waals surface area contributed by atoms with E-state index in [4.69, 9.17) is 0 Å². The zero-order chi connectivity index (χ0) is 9.57. The fraction of sp³-hybridized carbons (Fsp3) is 0.900. The second-order valence-electron chi connectivity index (χ2n) is 3.80. The second kappa shape index (κ2) is 7.07. The van der Waals surface area contributed by atoms with E-state index in [1.165, 1.54) is 38.8 Å². The molecular formula is C10H20ClNO2. The molecule has 2 aliphatic rings. The fourth-order valence-corrected chi connectivity index (χ4v) is 1.70. The molecule has 0 bridgehead atoms. The summed E-state index contributed by atoms with van der Waals surface area (Å²) in [7, 11) is 0. The molecule has 0 aromatic rings. The minimum atomic E-state index is 0. The van der Waals surface area contributed by atoms with Gasteiger partial charge in [0.25, 0.3) is 6.47 Å². The molecule has 0 amide bonds. The van der Waals surface area contributed by atoms with Crippen LogP contribution in [0.4, 0.5) is 0 Å². The molecule has 0 radical (unpaired) electrons.